The van der Waals surface area contributed by atoms with E-state index >= 15 is 0 Å². The molecule has 4 N–H and O–H groups in total. The molecule has 5 heterocycles. The van der Waals surface area contributed by atoms with Crippen LogP contribution in [0.1, 0.15) is 97.8 Å². The zero-order chi connectivity index (χ0) is 52.1. The highest BCUT2D eigenvalue weighted by Crippen LogP contribution is 2.39. The molecule has 8 rings (SSSR count). The first-order valence-electron chi connectivity index (χ1n) is 24.9. The molecular weight excluding hydrogens is 947 g/mol. The van der Waals surface area contributed by atoms with Gasteiger partial charge in [-0.1, -0.05) is 63.6 Å². The van der Waals surface area contributed by atoms with E-state index in [4.69, 9.17) is 9.72 Å². The number of methoxy groups -OCH3 is 1. The van der Waals surface area contributed by atoms with E-state index in [-0.39, 0.29) is 55.0 Å². The van der Waals surface area contributed by atoms with Gasteiger partial charge in [-0.25, -0.2) is 9.97 Å². The number of aryl methyl sites for hydroxylation is 1. The number of rotatable bonds is 16. The summed E-state index contributed by atoms with van der Waals surface area (Å²) in [4.78, 5) is 91.9. The van der Waals surface area contributed by atoms with Gasteiger partial charge in [0.2, 0.25) is 23.7 Å². The van der Waals surface area contributed by atoms with E-state index < -0.39 is 23.6 Å². The Hall–Kier alpha value is -6.96. The van der Waals surface area contributed by atoms with E-state index in [0.717, 1.165) is 59.9 Å². The van der Waals surface area contributed by atoms with Crippen molar-refractivity contribution in [2.75, 3.05) is 75.6 Å². The van der Waals surface area contributed by atoms with Crippen molar-refractivity contribution in [1.82, 2.24) is 40.3 Å². The number of nitrogens with zero attached hydrogens (tertiary/aromatic N) is 8. The molecule has 5 aromatic rings. The maximum atomic E-state index is 14.2. The van der Waals surface area contributed by atoms with Crippen molar-refractivity contribution < 1.29 is 33.8 Å². The molecule has 5 amide bonds. The monoisotopic (exact) mass is 1010 g/mol. The number of fused-ring (bicyclic) bond motifs is 2. The summed E-state index contributed by atoms with van der Waals surface area (Å²) in [5.74, 6) is 0.0880. The third kappa shape index (κ3) is 11.8. The van der Waals surface area contributed by atoms with Gasteiger partial charge >= 0.3 is 0 Å². The van der Waals surface area contributed by atoms with Crippen LogP contribution in [0.2, 0.25) is 0 Å². The average molecular weight is 1010 g/mol. The van der Waals surface area contributed by atoms with Crippen molar-refractivity contribution in [1.29, 1.82) is 0 Å². The molecule has 4 atom stereocenters. The topological polar surface area (TPSA) is 206 Å². The highest BCUT2D eigenvalue weighted by Gasteiger charge is 2.45. The summed E-state index contributed by atoms with van der Waals surface area (Å²) in [7, 11) is 5.11. The highest BCUT2D eigenvalue weighted by molar-refractivity contribution is 7.13. The van der Waals surface area contributed by atoms with E-state index in [2.05, 4.69) is 30.8 Å². The van der Waals surface area contributed by atoms with E-state index in [9.17, 15) is 29.1 Å². The van der Waals surface area contributed by atoms with Crippen molar-refractivity contribution in [3.63, 3.8) is 0 Å². The molecule has 3 aliphatic heterocycles. The first kappa shape index (κ1) is 52.4. The molecular formula is C54H67N11O7S. The first-order valence-corrected chi connectivity index (χ1v) is 25.8. The minimum Gasteiger partial charge on any atom is -0.495 e. The number of amides is 5. The van der Waals surface area contributed by atoms with Gasteiger partial charge in [0.1, 0.15) is 23.5 Å². The minimum absolute atomic E-state index is 0.00574. The number of benzene rings is 3. The Kier molecular flexibility index (Phi) is 16.1. The maximum absolute atomic E-state index is 14.2. The molecule has 2 saturated heterocycles. The summed E-state index contributed by atoms with van der Waals surface area (Å²) < 4.78 is 5.71. The summed E-state index contributed by atoms with van der Waals surface area (Å²) in [5.41, 5.74) is 7.03. The molecule has 0 aliphatic carbocycles. The van der Waals surface area contributed by atoms with Crippen LogP contribution in [-0.4, -0.2) is 143 Å². The van der Waals surface area contributed by atoms with Crippen molar-refractivity contribution in [2.24, 2.45) is 5.41 Å². The fourth-order valence-corrected chi connectivity index (χ4v) is 10.5. The Morgan fingerprint density at radius 3 is 2.34 bits per heavy atom. The average Bonchev–Trinajstić information content (AvgIpc) is 4.00. The lowest BCUT2D eigenvalue weighted by molar-refractivity contribution is -0.144. The molecule has 3 aliphatic rings. The summed E-state index contributed by atoms with van der Waals surface area (Å²) in [6.45, 7) is 12.9. The lowest BCUT2D eigenvalue weighted by Crippen LogP contribution is -2.57. The number of ether oxygens (including phenoxy) is 1. The zero-order valence-electron chi connectivity index (χ0n) is 43.0. The fourth-order valence-electron chi connectivity index (χ4n) is 9.71. The molecule has 0 unspecified atom stereocenters. The van der Waals surface area contributed by atoms with Gasteiger partial charge in [-0.05, 0) is 80.1 Å². The third-order valence-corrected chi connectivity index (χ3v) is 15.0. The summed E-state index contributed by atoms with van der Waals surface area (Å²) in [6, 6.07) is 18.5. The molecule has 2 aromatic heterocycles. The van der Waals surface area contributed by atoms with Crippen LogP contribution in [0, 0.1) is 12.3 Å². The van der Waals surface area contributed by atoms with Crippen LogP contribution in [0.25, 0.3) is 10.4 Å². The number of piperazine rings is 1. The number of anilines is 5. The van der Waals surface area contributed by atoms with Crippen LogP contribution in [0.3, 0.4) is 0 Å². The van der Waals surface area contributed by atoms with E-state index in [1.165, 1.54) is 4.90 Å². The predicted octanol–water partition coefficient (Wildman–Crippen LogP) is 6.71. The lowest BCUT2D eigenvalue weighted by atomic mass is 9.85. The predicted molar refractivity (Wildman–Crippen MR) is 283 cm³/mol. The van der Waals surface area contributed by atoms with Crippen molar-refractivity contribution >= 4 is 69.7 Å². The van der Waals surface area contributed by atoms with Crippen LogP contribution in [0.5, 0.6) is 5.75 Å². The summed E-state index contributed by atoms with van der Waals surface area (Å²) in [6.07, 6.45) is 3.43. The molecule has 386 valence electrons. The van der Waals surface area contributed by atoms with Gasteiger partial charge in [0.25, 0.3) is 11.8 Å². The second kappa shape index (κ2) is 22.4. The van der Waals surface area contributed by atoms with Crippen LogP contribution >= 0.6 is 11.3 Å². The quantitative estimate of drug-likeness (QED) is 0.0760. The van der Waals surface area contributed by atoms with E-state index in [0.29, 0.717) is 59.5 Å². The van der Waals surface area contributed by atoms with Crippen LogP contribution < -0.4 is 30.5 Å². The molecule has 2 fully saturated rings. The number of β-amino-alcohol motifs (C(OH)–C–C–N with tert-alkyl or cyclic N) is 1. The normalized spacial score (nSPS) is 17.8. The highest BCUT2D eigenvalue weighted by atomic mass is 32.1. The first-order chi connectivity index (χ1) is 34.9. The number of aromatic nitrogens is 3. The molecule has 0 saturated carbocycles. The van der Waals surface area contributed by atoms with Gasteiger partial charge < -0.3 is 45.4 Å². The Morgan fingerprint density at radius 1 is 0.904 bits per heavy atom. The van der Waals surface area contributed by atoms with Gasteiger partial charge in [0.15, 0.2) is 5.82 Å². The van der Waals surface area contributed by atoms with E-state index in [1.54, 1.807) is 60.9 Å². The van der Waals surface area contributed by atoms with Gasteiger partial charge in [0.05, 0.1) is 58.5 Å². The van der Waals surface area contributed by atoms with E-state index in [1.807, 2.05) is 99.4 Å². The standard InChI is InChI=1S/C54H67N11O7S/c1-33(35-17-19-36(20-18-35)46-34(2)56-32-73-46)57-49(68)42-29-38(66)31-65(42)52(71)47(54(3,4)5)59-45(67)16-10-9-13-23-63-24-26-64(27-25-63)50(69)37-21-22-40(44(28-37)72-8)58-53-55-30-43-48(60-53)61(6)41-15-12-11-14-39(41)51(70)62(43)7/h11-12,14-15,17-22,28,30,32-33,38,42,47,66H,9-10,13,16,23-27,29,31H2,1-8H3,(H,57,68)(H,59,67)(H,55,58,60)/t33-,38+,42-,47+/m0/s1. The minimum atomic E-state index is -0.894. The fraction of sp³-hybridized carbons (Fsp3) is 0.444. The van der Waals surface area contributed by atoms with Gasteiger partial charge in [-0.3, -0.25) is 28.9 Å². The van der Waals surface area contributed by atoms with Crippen LogP contribution in [0.4, 0.5) is 28.8 Å². The smallest absolute Gasteiger partial charge is 0.260 e. The number of unbranched alkanes of at least 4 members (excludes halogenated alkanes) is 2. The van der Waals surface area contributed by atoms with Crippen molar-refractivity contribution in [2.45, 2.75) is 91.0 Å². The molecule has 0 radical (unpaired) electrons. The number of thiazole rings is 1. The largest absolute Gasteiger partial charge is 0.495 e. The second-order valence-electron chi connectivity index (χ2n) is 20.2. The second-order valence-corrected chi connectivity index (χ2v) is 21.1. The maximum Gasteiger partial charge on any atom is 0.260 e. The van der Waals surface area contributed by atoms with Gasteiger partial charge in [-0.2, -0.15) is 4.98 Å². The Balaban J connectivity index is 0.773. The molecule has 19 heteroatoms. The summed E-state index contributed by atoms with van der Waals surface area (Å²) >= 11 is 1.58. The van der Waals surface area contributed by atoms with Crippen molar-refractivity contribution in [3.8, 4) is 16.2 Å². The number of hydrogen-bond donors (Lipinski definition) is 4. The van der Waals surface area contributed by atoms with Crippen molar-refractivity contribution in [3.05, 3.63) is 101 Å². The SMILES string of the molecule is COc1cc(C(=O)N2CCN(CCCCCC(=O)N[C@H](C(=O)N3C[C@H](O)C[C@H]3C(=O)N[C@@H](C)c3ccc(-c4scnc4C)cc3)C(C)(C)C)CC2)ccc1Nc1ncc2c(n1)N(C)c1ccccc1C(=O)N2C. The van der Waals surface area contributed by atoms with Gasteiger partial charge in [0, 0.05) is 65.2 Å². The van der Waals surface area contributed by atoms with Crippen LogP contribution in [-0.2, 0) is 14.4 Å². The number of aliphatic hydroxyl groups excluding tert-OH is 1. The Bertz CT molecular complexity index is 2830. The number of para-hydroxylation sites is 1. The Labute approximate surface area is 431 Å². The number of hydrogen-bond acceptors (Lipinski definition) is 14. The Morgan fingerprint density at radius 2 is 1.64 bits per heavy atom. The number of carbonyl (C=O) groups is 5. The lowest BCUT2D eigenvalue weighted by Gasteiger charge is -2.35. The zero-order valence-corrected chi connectivity index (χ0v) is 43.8. The number of likely N-dealkylation sites (tertiary alicyclic amines) is 1. The summed E-state index contributed by atoms with van der Waals surface area (Å²) in [5, 5.41) is 20.0. The molecule has 18 nitrogen and oxygen atoms in total. The molecule has 0 bridgehead atoms. The number of carbonyl (C=O) groups excluding carboxylic acids is 5. The third-order valence-electron chi connectivity index (χ3n) is 14.0. The van der Waals surface area contributed by atoms with Crippen LogP contribution in [0.15, 0.2) is 78.4 Å². The number of nitrogens with one attached hydrogen (secondary N) is 3. The molecule has 0 spiro atoms. The van der Waals surface area contributed by atoms with Gasteiger partial charge in [-0.15, -0.1) is 11.3 Å². The molecule has 73 heavy (non-hydrogen) atoms. The number of aliphatic hydroxyl groups is 1. The molecule has 3 aromatic carbocycles.